The van der Waals surface area contributed by atoms with E-state index in [1.807, 2.05) is 0 Å². The molecule has 0 N–H and O–H groups in total. The van der Waals surface area contributed by atoms with E-state index in [4.69, 9.17) is 0 Å². The van der Waals surface area contributed by atoms with Crippen LogP contribution in [-0.4, -0.2) is 0 Å². The van der Waals surface area contributed by atoms with Gasteiger partial charge in [-0.3, -0.25) is 0 Å². The van der Waals surface area contributed by atoms with E-state index in [1.165, 1.54) is 17.5 Å². The van der Waals surface area contributed by atoms with Gasteiger partial charge in [0.25, 0.3) is 0 Å². The van der Waals surface area contributed by atoms with Gasteiger partial charge in [-0.25, -0.2) is 0 Å². The number of allylic oxidation sites excluding steroid dienone is 6. The Balaban J connectivity index is 0.000000814. The Morgan fingerprint density at radius 2 is 1.31 bits per heavy atom. The van der Waals surface area contributed by atoms with Gasteiger partial charge in [0.05, 0.1) is 0 Å². The van der Waals surface area contributed by atoms with Crippen molar-refractivity contribution in [2.24, 2.45) is 0 Å². The van der Waals surface area contributed by atoms with Gasteiger partial charge in [0.15, 0.2) is 0 Å². The minimum absolute atomic E-state index is 0.663. The van der Waals surface area contributed by atoms with E-state index >= 15 is 0 Å². The standard InChI is InChI=1S/2C9H7.C5H5.C2H4.Zr/c2*1-2-5-9-7-3-6-8(9)4-1;1-2-4-5-3-1;1-2;/h2*1-7H;1-3H,4H2;1-2H2;. The Labute approximate surface area is 164 Å². The van der Waals surface area contributed by atoms with Gasteiger partial charge in [0, 0.05) is 0 Å². The summed E-state index contributed by atoms with van der Waals surface area (Å²) in [4.78, 5) is 0. The summed E-state index contributed by atoms with van der Waals surface area (Å²) in [5, 5.41) is 0. The van der Waals surface area contributed by atoms with E-state index in [9.17, 15) is 0 Å². The van der Waals surface area contributed by atoms with E-state index in [0.717, 1.165) is 0 Å². The van der Waals surface area contributed by atoms with Crippen molar-refractivity contribution < 1.29 is 21.8 Å². The molecule has 3 aliphatic carbocycles. The minimum Gasteiger partial charge on any atom is -0.106 e. The zero-order chi connectivity index (χ0) is 17.9. The smallest absolute Gasteiger partial charge is 0.106 e. The summed E-state index contributed by atoms with van der Waals surface area (Å²) in [6.45, 7) is 6.00. The molecular weight excluding hydrogens is 391 g/mol. The predicted molar refractivity (Wildman–Crippen MR) is 110 cm³/mol. The van der Waals surface area contributed by atoms with Crippen molar-refractivity contribution in [1.29, 1.82) is 0 Å². The van der Waals surface area contributed by atoms with Gasteiger partial charge in [-0.2, -0.15) is 0 Å². The molecule has 0 bridgehead atoms. The minimum atomic E-state index is -1.96. The molecule has 0 saturated carbocycles. The Morgan fingerprint density at radius 3 is 1.81 bits per heavy atom. The molecule has 0 saturated heterocycles. The molecular formula is C25H23Zr. The first-order chi connectivity index (χ1) is 12.9. The van der Waals surface area contributed by atoms with E-state index in [0.29, 0.717) is 7.25 Å². The molecule has 0 nitrogen and oxygen atoms in total. The van der Waals surface area contributed by atoms with Crippen LogP contribution in [-0.2, 0) is 21.8 Å². The van der Waals surface area contributed by atoms with Crippen LogP contribution in [0.25, 0.3) is 12.2 Å². The van der Waals surface area contributed by atoms with Crippen LogP contribution in [0.15, 0.2) is 95.3 Å². The predicted octanol–water partition coefficient (Wildman–Crippen LogP) is 6.79. The quantitative estimate of drug-likeness (QED) is 0.485. The maximum Gasteiger partial charge on any atom is -0.106 e. The molecule has 0 radical (unpaired) electrons. The van der Waals surface area contributed by atoms with E-state index < -0.39 is 21.8 Å². The summed E-state index contributed by atoms with van der Waals surface area (Å²) >= 11 is -1.96. The van der Waals surface area contributed by atoms with Crippen molar-refractivity contribution in [3.05, 3.63) is 118 Å². The Hall–Kier alpha value is -1.98. The normalized spacial score (nSPS) is 21.0. The topological polar surface area (TPSA) is 0 Å². The third kappa shape index (κ3) is 2.99. The molecule has 1 heteroatoms. The van der Waals surface area contributed by atoms with Crippen molar-refractivity contribution in [2.75, 3.05) is 0 Å². The van der Waals surface area contributed by atoms with Crippen molar-refractivity contribution in [3.8, 4) is 0 Å². The maximum absolute atomic E-state index is 3.00. The summed E-state index contributed by atoms with van der Waals surface area (Å²) in [6, 6.07) is 18.0. The number of hydrogen-bond donors (Lipinski definition) is 0. The summed E-state index contributed by atoms with van der Waals surface area (Å²) in [5.74, 6) is 0. The second-order valence-electron chi connectivity index (χ2n) is 6.71. The Morgan fingerprint density at radius 1 is 0.769 bits per heavy atom. The van der Waals surface area contributed by atoms with Crippen LogP contribution in [0.5, 0.6) is 0 Å². The van der Waals surface area contributed by atoms with Gasteiger partial charge >= 0.3 is 152 Å². The monoisotopic (exact) mass is 413 g/mol. The second-order valence-corrected chi connectivity index (χ2v) is 13.6. The molecule has 0 spiro atoms. The molecule has 2 aromatic rings. The molecule has 127 valence electrons. The first-order valence-corrected chi connectivity index (χ1v) is 13.3. The summed E-state index contributed by atoms with van der Waals surface area (Å²) in [5.41, 5.74) is 6.00. The molecule has 2 aromatic carbocycles. The average molecular weight is 415 g/mol. The molecule has 0 fully saturated rings. The average Bonchev–Trinajstić information content (AvgIpc) is 3.45. The zero-order valence-corrected chi connectivity index (χ0v) is 17.4. The van der Waals surface area contributed by atoms with Crippen molar-refractivity contribution in [2.45, 2.75) is 13.7 Å². The largest absolute Gasteiger partial charge is 0.106 e. The van der Waals surface area contributed by atoms with Gasteiger partial charge in [-0.15, -0.1) is 13.2 Å². The van der Waals surface area contributed by atoms with Crippen molar-refractivity contribution in [1.82, 2.24) is 0 Å². The molecule has 0 aromatic heterocycles. The molecule has 2 unspecified atom stereocenters. The number of benzene rings is 2. The first-order valence-electron chi connectivity index (χ1n) is 9.19. The van der Waals surface area contributed by atoms with Crippen LogP contribution in [0.3, 0.4) is 0 Å². The molecule has 0 heterocycles. The summed E-state index contributed by atoms with van der Waals surface area (Å²) < 4.78 is 3.08. The fraction of sp³-hybridized carbons (Fsp3) is 0.120. The van der Waals surface area contributed by atoms with Crippen LogP contribution in [0.1, 0.15) is 35.9 Å². The van der Waals surface area contributed by atoms with Gasteiger partial charge in [-0.05, 0) is 0 Å². The van der Waals surface area contributed by atoms with Gasteiger partial charge < -0.3 is 0 Å². The third-order valence-electron chi connectivity index (χ3n) is 5.41. The molecule has 5 rings (SSSR count). The SMILES string of the molecule is C1=CC[C]([Zr]([CH]2C=Cc3ccccc32)[CH]2C=Cc3ccccc32)=C1.C=C. The van der Waals surface area contributed by atoms with Gasteiger partial charge in [-0.1, -0.05) is 0 Å². The molecule has 2 atom stereocenters. The first kappa shape index (κ1) is 17.4. The van der Waals surface area contributed by atoms with E-state index in [2.05, 4.69) is 104 Å². The van der Waals surface area contributed by atoms with E-state index in [-0.39, 0.29) is 0 Å². The van der Waals surface area contributed by atoms with Crippen LogP contribution in [0.2, 0.25) is 0 Å². The number of rotatable bonds is 3. The molecule has 26 heavy (non-hydrogen) atoms. The van der Waals surface area contributed by atoms with Crippen LogP contribution < -0.4 is 0 Å². The Bertz CT molecular complexity index is 867. The zero-order valence-electron chi connectivity index (χ0n) is 14.9. The number of fused-ring (bicyclic) bond motifs is 2. The van der Waals surface area contributed by atoms with Gasteiger partial charge in [0.2, 0.25) is 0 Å². The van der Waals surface area contributed by atoms with Crippen LogP contribution in [0.4, 0.5) is 0 Å². The molecule has 0 amide bonds. The fourth-order valence-corrected chi connectivity index (χ4v) is 13.2. The number of hydrogen-bond acceptors (Lipinski definition) is 0. The summed E-state index contributed by atoms with van der Waals surface area (Å²) in [7, 11) is 0. The van der Waals surface area contributed by atoms with Gasteiger partial charge in [0.1, 0.15) is 0 Å². The summed E-state index contributed by atoms with van der Waals surface area (Å²) in [6.07, 6.45) is 17.9. The fourth-order valence-electron chi connectivity index (χ4n) is 4.30. The second kappa shape index (κ2) is 7.72. The van der Waals surface area contributed by atoms with Crippen LogP contribution >= 0.6 is 0 Å². The maximum atomic E-state index is 3.00. The molecule has 0 aliphatic heterocycles. The van der Waals surface area contributed by atoms with Crippen LogP contribution in [0, 0.1) is 0 Å². The van der Waals surface area contributed by atoms with Crippen molar-refractivity contribution >= 4 is 12.2 Å². The Kier molecular flexibility index (Phi) is 5.18. The van der Waals surface area contributed by atoms with Crippen molar-refractivity contribution in [3.63, 3.8) is 0 Å². The molecule has 3 aliphatic rings. The van der Waals surface area contributed by atoms with E-state index in [1.54, 1.807) is 14.4 Å². The third-order valence-corrected chi connectivity index (χ3v) is 13.9.